The first kappa shape index (κ1) is 17.6. The molecule has 2 fully saturated rings. The Balaban J connectivity index is 2.07. The monoisotopic (exact) mass is 312 g/mol. The minimum atomic E-state index is 0.287. The standard InChI is InChI=1S/C18H36N2S/c1-6-17(4,5)16-7-9-18(13-19,10-8-16)20-11-12-21-15(3)14(20)2/h14-16H,6-13,19H2,1-5H3. The molecule has 0 aromatic rings. The molecule has 3 heteroatoms. The van der Waals surface area contributed by atoms with E-state index in [9.17, 15) is 0 Å². The molecule has 0 aromatic heterocycles. The zero-order valence-electron chi connectivity index (χ0n) is 14.8. The van der Waals surface area contributed by atoms with E-state index in [1.807, 2.05) is 0 Å². The van der Waals surface area contributed by atoms with Gasteiger partial charge in [-0.1, -0.05) is 34.1 Å². The molecule has 0 amide bonds. The molecule has 0 spiro atoms. The lowest BCUT2D eigenvalue weighted by Gasteiger charge is -2.54. The topological polar surface area (TPSA) is 29.3 Å². The molecule has 2 unspecified atom stereocenters. The fraction of sp³-hybridized carbons (Fsp3) is 1.00. The van der Waals surface area contributed by atoms with Crippen molar-refractivity contribution in [2.24, 2.45) is 17.1 Å². The van der Waals surface area contributed by atoms with Crippen molar-refractivity contribution >= 4 is 11.8 Å². The maximum absolute atomic E-state index is 6.32. The predicted molar refractivity (Wildman–Crippen MR) is 95.9 cm³/mol. The zero-order chi connectivity index (χ0) is 15.7. The molecule has 0 radical (unpaired) electrons. The normalized spacial score (nSPS) is 39.4. The van der Waals surface area contributed by atoms with Crippen molar-refractivity contribution in [3.05, 3.63) is 0 Å². The van der Waals surface area contributed by atoms with E-state index in [0.717, 1.165) is 17.7 Å². The van der Waals surface area contributed by atoms with Crippen LogP contribution in [0.15, 0.2) is 0 Å². The van der Waals surface area contributed by atoms with Gasteiger partial charge in [0.25, 0.3) is 0 Å². The Bertz CT molecular complexity index is 334. The molecule has 2 atom stereocenters. The number of hydrogen-bond donors (Lipinski definition) is 1. The van der Waals surface area contributed by atoms with E-state index in [1.54, 1.807) is 0 Å². The van der Waals surface area contributed by atoms with Gasteiger partial charge in [-0.25, -0.2) is 0 Å². The third-order valence-corrected chi connectivity index (χ3v) is 8.14. The Labute approximate surface area is 136 Å². The summed E-state index contributed by atoms with van der Waals surface area (Å²) >= 11 is 2.13. The highest BCUT2D eigenvalue weighted by Crippen LogP contribution is 2.46. The van der Waals surface area contributed by atoms with Gasteiger partial charge in [0, 0.05) is 35.7 Å². The van der Waals surface area contributed by atoms with Crippen molar-refractivity contribution in [1.82, 2.24) is 4.90 Å². The van der Waals surface area contributed by atoms with Crippen LogP contribution in [-0.2, 0) is 0 Å². The summed E-state index contributed by atoms with van der Waals surface area (Å²) in [6, 6.07) is 0.669. The lowest BCUT2D eigenvalue weighted by Crippen LogP contribution is -2.62. The Hall–Kier alpha value is 0.270. The van der Waals surface area contributed by atoms with Crippen molar-refractivity contribution in [2.75, 3.05) is 18.8 Å². The smallest absolute Gasteiger partial charge is 0.0335 e. The van der Waals surface area contributed by atoms with E-state index in [2.05, 4.69) is 51.3 Å². The van der Waals surface area contributed by atoms with E-state index < -0.39 is 0 Å². The SMILES string of the molecule is CCC(C)(C)C1CCC(CN)(N2CCSC(C)C2C)CC1. The predicted octanol–water partition coefficient (Wildman–Crippen LogP) is 4.14. The van der Waals surface area contributed by atoms with Gasteiger partial charge in [0.2, 0.25) is 0 Å². The molecule has 1 saturated heterocycles. The van der Waals surface area contributed by atoms with Crippen molar-refractivity contribution < 1.29 is 0 Å². The molecule has 2 rings (SSSR count). The van der Waals surface area contributed by atoms with E-state index >= 15 is 0 Å². The average Bonchev–Trinajstić information content (AvgIpc) is 2.50. The largest absolute Gasteiger partial charge is 0.329 e. The molecule has 1 heterocycles. The van der Waals surface area contributed by atoms with Crippen LogP contribution in [-0.4, -0.2) is 40.6 Å². The molecule has 1 aliphatic heterocycles. The number of nitrogens with zero attached hydrogens (tertiary/aromatic N) is 1. The summed E-state index contributed by atoms with van der Waals surface area (Å²) in [6.45, 7) is 14.1. The van der Waals surface area contributed by atoms with Crippen LogP contribution in [0.25, 0.3) is 0 Å². The van der Waals surface area contributed by atoms with Crippen LogP contribution in [0.2, 0.25) is 0 Å². The quantitative estimate of drug-likeness (QED) is 0.846. The van der Waals surface area contributed by atoms with Crippen LogP contribution < -0.4 is 5.73 Å². The van der Waals surface area contributed by atoms with Crippen LogP contribution >= 0.6 is 11.8 Å². The van der Waals surface area contributed by atoms with Crippen LogP contribution in [0.3, 0.4) is 0 Å². The highest BCUT2D eigenvalue weighted by atomic mass is 32.2. The summed E-state index contributed by atoms with van der Waals surface area (Å²) < 4.78 is 0. The van der Waals surface area contributed by atoms with Crippen molar-refractivity contribution in [2.45, 2.75) is 83.6 Å². The molecular formula is C18H36N2S. The number of nitrogens with two attached hydrogens (primary N) is 1. The highest BCUT2D eigenvalue weighted by Gasteiger charge is 2.45. The first-order valence-electron chi connectivity index (χ1n) is 8.95. The summed E-state index contributed by atoms with van der Waals surface area (Å²) in [4.78, 5) is 2.78. The van der Waals surface area contributed by atoms with Gasteiger partial charge in [0.15, 0.2) is 0 Å². The first-order chi connectivity index (χ1) is 9.86. The minimum Gasteiger partial charge on any atom is -0.329 e. The van der Waals surface area contributed by atoms with Gasteiger partial charge >= 0.3 is 0 Å². The molecule has 2 N–H and O–H groups in total. The van der Waals surface area contributed by atoms with Crippen molar-refractivity contribution in [1.29, 1.82) is 0 Å². The molecule has 0 aromatic carbocycles. The Morgan fingerprint density at radius 3 is 2.38 bits per heavy atom. The van der Waals surface area contributed by atoms with E-state index in [1.165, 1.54) is 44.4 Å². The Morgan fingerprint density at radius 1 is 1.24 bits per heavy atom. The molecule has 1 aliphatic carbocycles. The molecular weight excluding hydrogens is 276 g/mol. The fourth-order valence-electron chi connectivity index (χ4n) is 4.44. The molecule has 1 saturated carbocycles. The van der Waals surface area contributed by atoms with Gasteiger partial charge in [-0.3, -0.25) is 4.90 Å². The van der Waals surface area contributed by atoms with Crippen LogP contribution in [0.4, 0.5) is 0 Å². The highest BCUT2D eigenvalue weighted by molar-refractivity contribution is 8.00. The number of rotatable bonds is 4. The third-order valence-electron chi connectivity index (χ3n) is 6.81. The molecule has 124 valence electrons. The van der Waals surface area contributed by atoms with Gasteiger partial charge in [0.05, 0.1) is 0 Å². The average molecular weight is 313 g/mol. The number of thioether (sulfide) groups is 1. The summed E-state index contributed by atoms with van der Waals surface area (Å²) in [5.41, 5.74) is 7.10. The van der Waals surface area contributed by atoms with Crippen LogP contribution in [0.5, 0.6) is 0 Å². The van der Waals surface area contributed by atoms with Gasteiger partial charge in [-0.2, -0.15) is 11.8 Å². The first-order valence-corrected chi connectivity index (χ1v) is 9.99. The van der Waals surface area contributed by atoms with Crippen molar-refractivity contribution in [3.63, 3.8) is 0 Å². The summed E-state index contributed by atoms with van der Waals surface area (Å²) in [5, 5.41) is 0.743. The van der Waals surface area contributed by atoms with Gasteiger partial charge in [-0.05, 0) is 43.9 Å². The van der Waals surface area contributed by atoms with E-state index in [-0.39, 0.29) is 5.54 Å². The molecule has 2 nitrogen and oxygen atoms in total. The maximum atomic E-state index is 6.32. The summed E-state index contributed by atoms with van der Waals surface area (Å²) in [6.07, 6.45) is 6.63. The summed E-state index contributed by atoms with van der Waals surface area (Å²) in [7, 11) is 0. The van der Waals surface area contributed by atoms with Gasteiger partial charge < -0.3 is 5.73 Å². The number of hydrogen-bond acceptors (Lipinski definition) is 3. The second-order valence-corrected chi connectivity index (χ2v) is 9.54. The second-order valence-electron chi connectivity index (χ2n) is 8.05. The molecule has 2 aliphatic rings. The van der Waals surface area contributed by atoms with Crippen LogP contribution in [0.1, 0.15) is 66.7 Å². The lowest BCUT2D eigenvalue weighted by molar-refractivity contribution is -0.00426. The lowest BCUT2D eigenvalue weighted by atomic mass is 9.65. The van der Waals surface area contributed by atoms with E-state index in [0.29, 0.717) is 11.5 Å². The minimum absolute atomic E-state index is 0.287. The molecule has 21 heavy (non-hydrogen) atoms. The summed E-state index contributed by atoms with van der Waals surface area (Å²) in [5.74, 6) is 2.16. The van der Waals surface area contributed by atoms with Gasteiger partial charge in [-0.15, -0.1) is 0 Å². The van der Waals surface area contributed by atoms with Gasteiger partial charge in [0.1, 0.15) is 0 Å². The Kier molecular flexibility index (Phi) is 5.71. The van der Waals surface area contributed by atoms with Crippen LogP contribution in [0, 0.1) is 11.3 Å². The maximum Gasteiger partial charge on any atom is 0.0335 e. The van der Waals surface area contributed by atoms with E-state index in [4.69, 9.17) is 5.73 Å². The fourth-order valence-corrected chi connectivity index (χ4v) is 5.54. The Morgan fingerprint density at radius 2 is 1.86 bits per heavy atom. The second kappa shape index (κ2) is 6.80. The third kappa shape index (κ3) is 3.45. The zero-order valence-corrected chi connectivity index (χ0v) is 15.6. The molecule has 0 bridgehead atoms. The van der Waals surface area contributed by atoms with Crippen molar-refractivity contribution in [3.8, 4) is 0 Å².